The highest BCUT2D eigenvalue weighted by Crippen LogP contribution is 2.33. The number of hydrogen-bond acceptors (Lipinski definition) is 2. The Morgan fingerprint density at radius 3 is 2.50 bits per heavy atom. The second-order valence-electron chi connectivity index (χ2n) is 3.28. The van der Waals surface area contributed by atoms with Crippen molar-refractivity contribution in [1.29, 1.82) is 0 Å². The van der Waals surface area contributed by atoms with Crippen LogP contribution in [-0.2, 0) is 6.18 Å². The van der Waals surface area contributed by atoms with E-state index in [1.807, 2.05) is 0 Å². The molecule has 0 aliphatic heterocycles. The first kappa shape index (κ1) is 12.9. The monoisotopic (exact) mass is 237 g/mol. The Kier molecular flexibility index (Phi) is 3.88. The standard InChI is InChI=1S/C10H11F4NO/c1-15-5-8(16)6-3-2-4-7(9(6)11)10(12,13)14/h2-4,8,15-16H,5H2,1H3. The third-order valence-corrected chi connectivity index (χ3v) is 2.09. The molecule has 0 saturated carbocycles. The number of rotatable bonds is 3. The van der Waals surface area contributed by atoms with E-state index in [0.717, 1.165) is 12.1 Å². The van der Waals surface area contributed by atoms with Crippen LogP contribution in [0.2, 0.25) is 0 Å². The summed E-state index contributed by atoms with van der Waals surface area (Å²) in [5, 5.41) is 12.0. The molecule has 2 N–H and O–H groups in total. The van der Waals surface area contributed by atoms with E-state index in [1.54, 1.807) is 0 Å². The zero-order valence-corrected chi connectivity index (χ0v) is 8.48. The molecule has 0 fully saturated rings. The lowest BCUT2D eigenvalue weighted by Gasteiger charge is -2.15. The Morgan fingerprint density at radius 2 is 2.00 bits per heavy atom. The fourth-order valence-corrected chi connectivity index (χ4v) is 1.33. The maximum atomic E-state index is 13.4. The molecule has 16 heavy (non-hydrogen) atoms. The van der Waals surface area contributed by atoms with Gasteiger partial charge in [-0.15, -0.1) is 0 Å². The predicted molar refractivity (Wildman–Crippen MR) is 50.3 cm³/mol. The molecule has 0 spiro atoms. The van der Waals surface area contributed by atoms with E-state index in [4.69, 9.17) is 0 Å². The summed E-state index contributed by atoms with van der Waals surface area (Å²) >= 11 is 0. The molecule has 1 atom stereocenters. The summed E-state index contributed by atoms with van der Waals surface area (Å²) in [5.74, 6) is -1.42. The Balaban J connectivity index is 3.14. The van der Waals surface area contributed by atoms with Crippen molar-refractivity contribution < 1.29 is 22.7 Å². The first-order chi connectivity index (χ1) is 7.38. The van der Waals surface area contributed by atoms with Gasteiger partial charge in [-0.1, -0.05) is 12.1 Å². The Labute approximate surface area is 89.9 Å². The molecule has 90 valence electrons. The number of halogens is 4. The normalized spacial score (nSPS) is 13.9. The van der Waals surface area contributed by atoms with E-state index < -0.39 is 23.7 Å². The van der Waals surface area contributed by atoms with Crippen molar-refractivity contribution in [2.75, 3.05) is 13.6 Å². The van der Waals surface area contributed by atoms with Crippen LogP contribution < -0.4 is 5.32 Å². The summed E-state index contributed by atoms with van der Waals surface area (Å²) < 4.78 is 50.5. The highest BCUT2D eigenvalue weighted by molar-refractivity contribution is 5.29. The highest BCUT2D eigenvalue weighted by atomic mass is 19.4. The number of aliphatic hydroxyl groups excluding tert-OH is 1. The second-order valence-corrected chi connectivity index (χ2v) is 3.28. The van der Waals surface area contributed by atoms with Gasteiger partial charge in [0.05, 0.1) is 11.7 Å². The van der Waals surface area contributed by atoms with E-state index in [9.17, 15) is 22.7 Å². The molecule has 0 aromatic heterocycles. The summed E-state index contributed by atoms with van der Waals surface area (Å²) in [6.07, 6.45) is -6.05. The molecule has 1 unspecified atom stereocenters. The van der Waals surface area contributed by atoms with Crippen LogP contribution in [0.4, 0.5) is 17.6 Å². The Bertz CT molecular complexity index is 364. The molecule has 0 aliphatic carbocycles. The third-order valence-electron chi connectivity index (χ3n) is 2.09. The summed E-state index contributed by atoms with van der Waals surface area (Å²) in [5.41, 5.74) is -1.72. The van der Waals surface area contributed by atoms with Gasteiger partial charge in [0.15, 0.2) is 0 Å². The fraction of sp³-hybridized carbons (Fsp3) is 0.400. The van der Waals surface area contributed by atoms with Gasteiger partial charge in [-0.25, -0.2) is 4.39 Å². The largest absolute Gasteiger partial charge is 0.419 e. The van der Waals surface area contributed by atoms with Crippen LogP contribution in [0.3, 0.4) is 0 Å². The quantitative estimate of drug-likeness (QED) is 0.789. The number of hydrogen-bond donors (Lipinski definition) is 2. The zero-order valence-electron chi connectivity index (χ0n) is 8.48. The number of nitrogens with one attached hydrogen (secondary N) is 1. The number of aliphatic hydroxyl groups is 1. The topological polar surface area (TPSA) is 32.3 Å². The van der Waals surface area contributed by atoms with Gasteiger partial charge >= 0.3 is 6.18 Å². The first-order valence-electron chi connectivity index (χ1n) is 4.56. The second kappa shape index (κ2) is 4.80. The Hall–Kier alpha value is -1.14. The van der Waals surface area contributed by atoms with Crippen molar-refractivity contribution in [1.82, 2.24) is 5.32 Å². The van der Waals surface area contributed by atoms with Crippen molar-refractivity contribution in [3.05, 3.63) is 35.1 Å². The number of benzene rings is 1. The number of likely N-dealkylation sites (N-methyl/N-ethyl adjacent to an activating group) is 1. The van der Waals surface area contributed by atoms with Crippen LogP contribution in [0.25, 0.3) is 0 Å². The highest BCUT2D eigenvalue weighted by Gasteiger charge is 2.35. The molecule has 0 amide bonds. The van der Waals surface area contributed by atoms with Crippen LogP contribution in [0.1, 0.15) is 17.2 Å². The molecule has 1 aromatic carbocycles. The lowest BCUT2D eigenvalue weighted by atomic mass is 10.0. The molecule has 0 saturated heterocycles. The van der Waals surface area contributed by atoms with Crippen LogP contribution in [-0.4, -0.2) is 18.7 Å². The van der Waals surface area contributed by atoms with Gasteiger partial charge in [-0.2, -0.15) is 13.2 Å². The lowest BCUT2D eigenvalue weighted by molar-refractivity contribution is -0.140. The third kappa shape index (κ3) is 2.70. The van der Waals surface area contributed by atoms with Crippen LogP contribution in [0.15, 0.2) is 18.2 Å². The minimum absolute atomic E-state index is 0.0156. The SMILES string of the molecule is CNCC(O)c1cccc(C(F)(F)F)c1F. The lowest BCUT2D eigenvalue weighted by Crippen LogP contribution is -2.19. The van der Waals surface area contributed by atoms with Gasteiger partial charge in [0.2, 0.25) is 0 Å². The Morgan fingerprint density at radius 1 is 1.38 bits per heavy atom. The average Bonchev–Trinajstić information content (AvgIpc) is 2.16. The summed E-state index contributed by atoms with van der Waals surface area (Å²) in [4.78, 5) is 0. The van der Waals surface area contributed by atoms with Crippen LogP contribution in [0, 0.1) is 5.82 Å². The van der Waals surface area contributed by atoms with Crippen molar-refractivity contribution in [2.24, 2.45) is 0 Å². The van der Waals surface area contributed by atoms with Gasteiger partial charge < -0.3 is 10.4 Å². The predicted octanol–water partition coefficient (Wildman–Crippen LogP) is 2.10. The van der Waals surface area contributed by atoms with Gasteiger partial charge in [0.1, 0.15) is 5.82 Å². The van der Waals surface area contributed by atoms with Crippen molar-refractivity contribution in [3.8, 4) is 0 Å². The van der Waals surface area contributed by atoms with Crippen molar-refractivity contribution in [3.63, 3.8) is 0 Å². The summed E-state index contributed by atoms with van der Waals surface area (Å²) in [6.45, 7) is -0.0156. The van der Waals surface area contributed by atoms with Gasteiger partial charge in [0.25, 0.3) is 0 Å². The molecular formula is C10H11F4NO. The maximum absolute atomic E-state index is 13.4. The van der Waals surface area contributed by atoms with Crippen molar-refractivity contribution >= 4 is 0 Å². The van der Waals surface area contributed by atoms with Crippen molar-refractivity contribution in [2.45, 2.75) is 12.3 Å². The molecule has 2 nitrogen and oxygen atoms in total. The number of alkyl halides is 3. The van der Waals surface area contributed by atoms with E-state index in [-0.39, 0.29) is 12.1 Å². The minimum atomic E-state index is -4.75. The van der Waals surface area contributed by atoms with Crippen LogP contribution >= 0.6 is 0 Å². The molecule has 1 aromatic rings. The summed E-state index contributed by atoms with van der Waals surface area (Å²) in [6, 6.07) is 2.84. The van der Waals surface area contributed by atoms with E-state index in [2.05, 4.69) is 5.32 Å². The van der Waals surface area contributed by atoms with Gasteiger partial charge in [-0.05, 0) is 13.1 Å². The van der Waals surface area contributed by atoms with Gasteiger partial charge in [0, 0.05) is 12.1 Å². The smallest absolute Gasteiger partial charge is 0.387 e. The van der Waals surface area contributed by atoms with E-state index in [0.29, 0.717) is 6.07 Å². The van der Waals surface area contributed by atoms with Crippen LogP contribution in [0.5, 0.6) is 0 Å². The van der Waals surface area contributed by atoms with E-state index in [1.165, 1.54) is 7.05 Å². The maximum Gasteiger partial charge on any atom is 0.419 e. The molecule has 0 heterocycles. The molecule has 0 aliphatic rings. The molecule has 0 bridgehead atoms. The van der Waals surface area contributed by atoms with E-state index >= 15 is 0 Å². The minimum Gasteiger partial charge on any atom is -0.387 e. The fourth-order valence-electron chi connectivity index (χ4n) is 1.33. The molecule has 1 rings (SSSR count). The summed E-state index contributed by atoms with van der Waals surface area (Å²) in [7, 11) is 1.51. The molecular weight excluding hydrogens is 226 g/mol. The zero-order chi connectivity index (χ0) is 12.3. The van der Waals surface area contributed by atoms with Gasteiger partial charge in [-0.3, -0.25) is 0 Å². The first-order valence-corrected chi connectivity index (χ1v) is 4.56. The average molecular weight is 237 g/mol. The molecule has 0 radical (unpaired) electrons. The molecule has 6 heteroatoms.